The molecule has 0 aliphatic heterocycles. The van der Waals surface area contributed by atoms with Crippen molar-refractivity contribution in [2.75, 3.05) is 0 Å². The fraction of sp³-hybridized carbons (Fsp3) is 0.154. The highest BCUT2D eigenvalue weighted by atomic mass is 79.9. The minimum atomic E-state index is -3.77. The summed E-state index contributed by atoms with van der Waals surface area (Å²) >= 11 is 8.99. The first-order valence-electron chi connectivity index (χ1n) is 5.92. The zero-order chi connectivity index (χ0) is 15.5. The molecule has 1 aromatic carbocycles. The van der Waals surface area contributed by atoms with E-state index < -0.39 is 10.0 Å². The van der Waals surface area contributed by atoms with Gasteiger partial charge in [-0.15, -0.1) is 0 Å². The number of aliphatic hydroxyl groups excluding tert-OH is 1. The Labute approximate surface area is 136 Å². The molecule has 0 aliphatic rings. The van der Waals surface area contributed by atoms with Crippen LogP contribution in [0.3, 0.4) is 0 Å². The smallest absolute Gasteiger partial charge is 0.243 e. The van der Waals surface area contributed by atoms with Gasteiger partial charge in [0.05, 0.1) is 6.61 Å². The van der Waals surface area contributed by atoms with Gasteiger partial charge in [0, 0.05) is 17.2 Å². The van der Waals surface area contributed by atoms with E-state index in [0.29, 0.717) is 10.0 Å². The lowest BCUT2D eigenvalue weighted by Crippen LogP contribution is -2.23. The van der Waals surface area contributed by atoms with Crippen molar-refractivity contribution in [1.82, 2.24) is 9.71 Å². The quantitative estimate of drug-likeness (QED) is 0.767. The van der Waals surface area contributed by atoms with Crippen molar-refractivity contribution in [2.45, 2.75) is 18.0 Å². The number of hydrogen-bond donors (Lipinski definition) is 2. The molecule has 8 heteroatoms. The van der Waals surface area contributed by atoms with Crippen LogP contribution < -0.4 is 4.72 Å². The highest BCUT2D eigenvalue weighted by Gasteiger charge is 2.19. The summed E-state index contributed by atoms with van der Waals surface area (Å²) in [5, 5.41) is 8.98. The van der Waals surface area contributed by atoms with Crippen LogP contribution in [0, 0.1) is 0 Å². The largest absolute Gasteiger partial charge is 0.392 e. The molecule has 0 aliphatic carbocycles. The summed E-state index contributed by atoms with van der Waals surface area (Å²) < 4.78 is 27.4. The van der Waals surface area contributed by atoms with Gasteiger partial charge in [0.2, 0.25) is 10.0 Å². The highest BCUT2D eigenvalue weighted by Crippen LogP contribution is 2.22. The zero-order valence-corrected chi connectivity index (χ0v) is 13.9. The Balaban J connectivity index is 2.19. The molecule has 0 saturated heterocycles. The summed E-state index contributed by atoms with van der Waals surface area (Å²) in [6.07, 6.45) is 1.42. The Morgan fingerprint density at radius 2 is 2.00 bits per heavy atom. The molecule has 0 amide bonds. The standard InChI is InChI=1S/C13H12BrClN2O3S/c14-11-5-12(13(15)16-7-11)21(19,20)17-6-9-2-1-3-10(4-9)8-18/h1-5,7,17-18H,6,8H2. The predicted molar refractivity (Wildman–Crippen MR) is 83.3 cm³/mol. The molecule has 0 unspecified atom stereocenters. The van der Waals surface area contributed by atoms with Crippen LogP contribution in [0.25, 0.3) is 0 Å². The van der Waals surface area contributed by atoms with Crippen LogP contribution in [0.2, 0.25) is 5.15 Å². The molecule has 2 rings (SSSR count). The van der Waals surface area contributed by atoms with Crippen molar-refractivity contribution in [3.63, 3.8) is 0 Å². The number of aromatic nitrogens is 1. The lowest BCUT2D eigenvalue weighted by molar-refractivity contribution is 0.281. The number of nitrogens with zero attached hydrogens (tertiary/aromatic N) is 1. The number of sulfonamides is 1. The van der Waals surface area contributed by atoms with Gasteiger partial charge < -0.3 is 5.11 Å². The Kier molecular flexibility index (Phi) is 5.34. The third-order valence-electron chi connectivity index (χ3n) is 2.70. The summed E-state index contributed by atoms with van der Waals surface area (Å²) in [5.41, 5.74) is 1.46. The van der Waals surface area contributed by atoms with Crippen molar-refractivity contribution in [2.24, 2.45) is 0 Å². The summed E-state index contributed by atoms with van der Waals surface area (Å²) in [4.78, 5) is 3.71. The van der Waals surface area contributed by atoms with Gasteiger partial charge in [-0.2, -0.15) is 0 Å². The second-order valence-corrected chi connectivity index (χ2v) is 7.25. The number of hydrogen-bond acceptors (Lipinski definition) is 4. The molecule has 0 atom stereocenters. The fourth-order valence-electron chi connectivity index (χ4n) is 1.69. The number of halogens is 2. The van der Waals surface area contributed by atoms with Gasteiger partial charge in [-0.05, 0) is 33.1 Å². The van der Waals surface area contributed by atoms with E-state index in [4.69, 9.17) is 16.7 Å². The van der Waals surface area contributed by atoms with E-state index in [1.54, 1.807) is 24.3 Å². The minimum absolute atomic E-state index is 0.0862. The van der Waals surface area contributed by atoms with E-state index in [0.717, 1.165) is 5.56 Å². The molecular weight excluding hydrogens is 380 g/mol. The molecule has 21 heavy (non-hydrogen) atoms. The van der Waals surface area contributed by atoms with Crippen LogP contribution >= 0.6 is 27.5 Å². The first kappa shape index (κ1) is 16.4. The normalized spacial score (nSPS) is 11.6. The molecule has 0 bridgehead atoms. The molecule has 112 valence electrons. The Bertz CT molecular complexity index is 753. The summed E-state index contributed by atoms with van der Waals surface area (Å²) in [7, 11) is -3.77. The van der Waals surface area contributed by atoms with Gasteiger partial charge in [0.15, 0.2) is 0 Å². The molecule has 0 fully saturated rings. The zero-order valence-electron chi connectivity index (χ0n) is 10.8. The number of pyridine rings is 1. The van der Waals surface area contributed by atoms with Gasteiger partial charge >= 0.3 is 0 Å². The maximum absolute atomic E-state index is 12.2. The van der Waals surface area contributed by atoms with Gasteiger partial charge in [-0.1, -0.05) is 35.9 Å². The monoisotopic (exact) mass is 390 g/mol. The molecular formula is C13H12BrClN2O3S. The highest BCUT2D eigenvalue weighted by molar-refractivity contribution is 9.10. The first-order chi connectivity index (χ1) is 9.92. The van der Waals surface area contributed by atoms with E-state index >= 15 is 0 Å². The maximum atomic E-state index is 12.2. The van der Waals surface area contributed by atoms with Crippen LogP contribution in [-0.2, 0) is 23.2 Å². The number of benzene rings is 1. The van der Waals surface area contributed by atoms with E-state index in [-0.39, 0.29) is 23.2 Å². The van der Waals surface area contributed by atoms with Crippen molar-refractivity contribution >= 4 is 37.6 Å². The SMILES string of the molecule is O=S(=O)(NCc1cccc(CO)c1)c1cc(Br)cnc1Cl. The molecule has 1 heterocycles. The van der Waals surface area contributed by atoms with E-state index in [9.17, 15) is 8.42 Å². The molecule has 0 radical (unpaired) electrons. The Morgan fingerprint density at radius 1 is 1.29 bits per heavy atom. The van der Waals surface area contributed by atoms with Crippen LogP contribution in [0.4, 0.5) is 0 Å². The number of aliphatic hydroxyl groups is 1. The van der Waals surface area contributed by atoms with Crippen molar-refractivity contribution in [3.05, 3.63) is 57.3 Å². The number of nitrogens with one attached hydrogen (secondary N) is 1. The average molecular weight is 392 g/mol. The van der Waals surface area contributed by atoms with Crippen LogP contribution in [-0.4, -0.2) is 18.5 Å². The molecule has 1 aromatic heterocycles. The van der Waals surface area contributed by atoms with Crippen molar-refractivity contribution in [1.29, 1.82) is 0 Å². The summed E-state index contributed by atoms with van der Waals surface area (Å²) in [6, 6.07) is 8.39. The second-order valence-electron chi connectivity index (χ2n) is 4.25. The van der Waals surface area contributed by atoms with Gasteiger partial charge in [-0.3, -0.25) is 0 Å². The van der Waals surface area contributed by atoms with E-state index in [1.165, 1.54) is 12.3 Å². The lowest BCUT2D eigenvalue weighted by Gasteiger charge is -2.09. The molecule has 5 nitrogen and oxygen atoms in total. The topological polar surface area (TPSA) is 79.3 Å². The minimum Gasteiger partial charge on any atom is -0.392 e. The molecule has 2 aromatic rings. The number of rotatable bonds is 5. The fourth-order valence-corrected chi connectivity index (χ4v) is 3.65. The predicted octanol–water partition coefficient (Wildman–Crippen LogP) is 2.47. The van der Waals surface area contributed by atoms with Crippen molar-refractivity contribution in [3.8, 4) is 0 Å². The van der Waals surface area contributed by atoms with Crippen LogP contribution in [0.1, 0.15) is 11.1 Å². The van der Waals surface area contributed by atoms with E-state index in [2.05, 4.69) is 25.6 Å². The lowest BCUT2D eigenvalue weighted by atomic mass is 10.1. The van der Waals surface area contributed by atoms with E-state index in [1.807, 2.05) is 0 Å². The van der Waals surface area contributed by atoms with Crippen LogP contribution in [0.15, 0.2) is 45.9 Å². The molecule has 0 spiro atoms. The average Bonchev–Trinajstić information content (AvgIpc) is 2.48. The van der Waals surface area contributed by atoms with Gasteiger partial charge in [0.25, 0.3) is 0 Å². The first-order valence-corrected chi connectivity index (χ1v) is 8.57. The Morgan fingerprint density at radius 3 is 2.71 bits per heavy atom. The summed E-state index contributed by atoms with van der Waals surface area (Å²) in [6.45, 7) is 0.000978. The van der Waals surface area contributed by atoms with Crippen molar-refractivity contribution < 1.29 is 13.5 Å². The van der Waals surface area contributed by atoms with Gasteiger partial charge in [-0.25, -0.2) is 18.1 Å². The molecule has 0 saturated carbocycles. The molecule has 2 N–H and O–H groups in total. The Hall–Kier alpha value is -0.990. The maximum Gasteiger partial charge on any atom is 0.243 e. The van der Waals surface area contributed by atoms with Gasteiger partial charge in [0.1, 0.15) is 10.0 Å². The third-order valence-corrected chi connectivity index (χ3v) is 4.96. The second kappa shape index (κ2) is 6.85. The third kappa shape index (κ3) is 4.24. The van der Waals surface area contributed by atoms with Crippen LogP contribution in [0.5, 0.6) is 0 Å². The summed E-state index contributed by atoms with van der Waals surface area (Å²) in [5.74, 6) is 0.